The second-order valence-electron chi connectivity index (χ2n) is 6.02. The number of ether oxygens (including phenoxy) is 3. The molecular formula is C20H23NO6S. The Morgan fingerprint density at radius 2 is 1.82 bits per heavy atom. The Bertz CT molecular complexity index is 860. The van der Waals surface area contributed by atoms with Gasteiger partial charge in [-0.3, -0.25) is 14.4 Å². The molecule has 1 amide bonds. The van der Waals surface area contributed by atoms with Crippen LogP contribution in [0.15, 0.2) is 30.3 Å². The van der Waals surface area contributed by atoms with Crippen LogP contribution in [-0.2, 0) is 14.3 Å². The second kappa shape index (κ2) is 9.89. The van der Waals surface area contributed by atoms with Gasteiger partial charge in [0.25, 0.3) is 5.91 Å². The van der Waals surface area contributed by atoms with Gasteiger partial charge in [0, 0.05) is 17.4 Å². The Labute approximate surface area is 167 Å². The van der Waals surface area contributed by atoms with Crippen molar-refractivity contribution in [2.75, 3.05) is 19.5 Å². The fourth-order valence-corrected chi connectivity index (χ4v) is 3.21. The van der Waals surface area contributed by atoms with Crippen molar-refractivity contribution < 1.29 is 28.6 Å². The van der Waals surface area contributed by atoms with Crippen molar-refractivity contribution in [3.63, 3.8) is 0 Å². The summed E-state index contributed by atoms with van der Waals surface area (Å²) in [4.78, 5) is 38.0. The number of carbonyl (C=O) groups excluding carboxylic acids is 3. The first-order valence-corrected chi connectivity index (χ1v) is 9.47. The Hall–Kier alpha value is -2.87. The molecule has 1 aromatic heterocycles. The van der Waals surface area contributed by atoms with Crippen molar-refractivity contribution in [1.29, 1.82) is 0 Å². The maximum Gasteiger partial charge on any atom is 0.307 e. The zero-order chi connectivity index (χ0) is 20.7. The van der Waals surface area contributed by atoms with Crippen LogP contribution in [0.2, 0.25) is 0 Å². The van der Waals surface area contributed by atoms with Crippen molar-refractivity contribution >= 4 is 34.7 Å². The predicted molar refractivity (Wildman–Crippen MR) is 106 cm³/mol. The number of methoxy groups -OCH3 is 2. The molecule has 1 heterocycles. The molecule has 28 heavy (non-hydrogen) atoms. The van der Waals surface area contributed by atoms with Gasteiger partial charge in [-0.25, -0.2) is 0 Å². The van der Waals surface area contributed by atoms with E-state index in [-0.39, 0.29) is 18.6 Å². The molecule has 0 saturated heterocycles. The maximum atomic E-state index is 12.3. The van der Waals surface area contributed by atoms with Crippen LogP contribution in [0.5, 0.6) is 11.5 Å². The average Bonchev–Trinajstić information content (AvgIpc) is 3.12. The van der Waals surface area contributed by atoms with Gasteiger partial charge in [-0.2, -0.15) is 0 Å². The molecule has 0 aliphatic rings. The number of anilines is 1. The Morgan fingerprint density at radius 1 is 1.07 bits per heavy atom. The van der Waals surface area contributed by atoms with Crippen LogP contribution in [0, 0.1) is 6.92 Å². The molecule has 7 nitrogen and oxygen atoms in total. The Kier molecular flexibility index (Phi) is 7.57. The van der Waals surface area contributed by atoms with Crippen LogP contribution in [0.25, 0.3) is 0 Å². The number of amides is 1. The maximum absolute atomic E-state index is 12.3. The van der Waals surface area contributed by atoms with Gasteiger partial charge in [-0.15, -0.1) is 11.3 Å². The third kappa shape index (κ3) is 5.82. The molecule has 1 N–H and O–H groups in total. The van der Waals surface area contributed by atoms with Gasteiger partial charge >= 0.3 is 5.97 Å². The zero-order valence-corrected chi connectivity index (χ0v) is 17.1. The zero-order valence-electron chi connectivity index (χ0n) is 16.2. The third-order valence-corrected chi connectivity index (χ3v) is 4.96. The summed E-state index contributed by atoms with van der Waals surface area (Å²) >= 11 is 1.39. The first-order chi connectivity index (χ1) is 13.3. The smallest absolute Gasteiger partial charge is 0.307 e. The minimum absolute atomic E-state index is 0.0385. The van der Waals surface area contributed by atoms with Crippen LogP contribution >= 0.6 is 11.3 Å². The number of benzene rings is 1. The fourth-order valence-electron chi connectivity index (χ4n) is 2.38. The first-order valence-electron chi connectivity index (χ1n) is 8.66. The summed E-state index contributed by atoms with van der Waals surface area (Å²) in [6.45, 7) is 3.37. The van der Waals surface area contributed by atoms with Crippen molar-refractivity contribution in [3.05, 3.63) is 40.1 Å². The van der Waals surface area contributed by atoms with E-state index in [2.05, 4.69) is 5.32 Å². The summed E-state index contributed by atoms with van der Waals surface area (Å²) in [5.74, 6) is -0.247. The van der Waals surface area contributed by atoms with Gasteiger partial charge in [-0.1, -0.05) is 0 Å². The summed E-state index contributed by atoms with van der Waals surface area (Å²) in [6, 6.07) is 8.56. The molecule has 0 spiro atoms. The van der Waals surface area contributed by atoms with Crippen molar-refractivity contribution in [2.24, 2.45) is 0 Å². The summed E-state index contributed by atoms with van der Waals surface area (Å²) in [6.07, 6.45) is -1.07. The molecule has 150 valence electrons. The lowest BCUT2D eigenvalue weighted by atomic mass is 10.2. The van der Waals surface area contributed by atoms with Crippen LogP contribution in [-0.4, -0.2) is 38.0 Å². The molecule has 0 radical (unpaired) electrons. The van der Waals surface area contributed by atoms with E-state index in [0.717, 1.165) is 4.88 Å². The molecule has 1 aromatic carbocycles. The van der Waals surface area contributed by atoms with E-state index in [4.69, 9.17) is 14.2 Å². The van der Waals surface area contributed by atoms with Crippen LogP contribution in [0.3, 0.4) is 0 Å². The average molecular weight is 405 g/mol. The number of carbonyl (C=O) groups is 3. The number of ketones is 1. The highest BCUT2D eigenvalue weighted by atomic mass is 32.1. The van der Waals surface area contributed by atoms with Gasteiger partial charge in [0.05, 0.1) is 31.2 Å². The van der Waals surface area contributed by atoms with Gasteiger partial charge < -0.3 is 19.5 Å². The molecule has 2 aromatic rings. The van der Waals surface area contributed by atoms with Crippen LogP contribution in [0.1, 0.15) is 34.3 Å². The van der Waals surface area contributed by atoms with Crippen LogP contribution in [0.4, 0.5) is 5.69 Å². The SMILES string of the molecule is COc1ccc(OC)c(NC(=O)C(C)OC(=O)CCC(=O)c2ccc(C)s2)c1. The lowest BCUT2D eigenvalue weighted by Crippen LogP contribution is -2.30. The number of hydrogen-bond acceptors (Lipinski definition) is 7. The number of Topliss-reactive ketones (excluding diaryl/α,β-unsaturated/α-hetero) is 1. The van der Waals surface area contributed by atoms with E-state index >= 15 is 0 Å². The molecule has 2 rings (SSSR count). The van der Waals surface area contributed by atoms with Crippen molar-refractivity contribution in [2.45, 2.75) is 32.8 Å². The van der Waals surface area contributed by atoms with E-state index in [1.165, 1.54) is 32.5 Å². The molecule has 0 saturated carbocycles. The van der Waals surface area contributed by atoms with Crippen molar-refractivity contribution in [3.8, 4) is 11.5 Å². The van der Waals surface area contributed by atoms with E-state index in [1.807, 2.05) is 13.0 Å². The minimum Gasteiger partial charge on any atom is -0.497 e. The monoisotopic (exact) mass is 405 g/mol. The highest BCUT2D eigenvalue weighted by Crippen LogP contribution is 2.29. The summed E-state index contributed by atoms with van der Waals surface area (Å²) in [5, 5.41) is 2.65. The van der Waals surface area contributed by atoms with Gasteiger partial charge in [-0.05, 0) is 38.1 Å². The standard InChI is InChI=1S/C20H23NO6S/c1-12-5-9-18(28-12)16(22)7-10-19(23)27-13(2)20(24)21-15-11-14(25-3)6-8-17(15)26-4/h5-6,8-9,11,13H,7,10H2,1-4H3,(H,21,24). The fraction of sp³-hybridized carbons (Fsp3) is 0.350. The third-order valence-electron chi connectivity index (χ3n) is 3.91. The largest absolute Gasteiger partial charge is 0.497 e. The number of nitrogens with one attached hydrogen (secondary N) is 1. The van der Waals surface area contributed by atoms with Crippen LogP contribution < -0.4 is 14.8 Å². The molecule has 0 aliphatic carbocycles. The molecular weight excluding hydrogens is 382 g/mol. The number of rotatable bonds is 9. The molecule has 0 aliphatic heterocycles. The molecule has 0 fully saturated rings. The number of hydrogen-bond donors (Lipinski definition) is 1. The van der Waals surface area contributed by atoms with Gasteiger partial charge in [0.15, 0.2) is 11.9 Å². The topological polar surface area (TPSA) is 90.9 Å². The van der Waals surface area contributed by atoms with Gasteiger partial charge in [0.2, 0.25) is 0 Å². The van der Waals surface area contributed by atoms with E-state index in [9.17, 15) is 14.4 Å². The Balaban J connectivity index is 1.88. The quantitative estimate of drug-likeness (QED) is 0.506. The second-order valence-corrected chi connectivity index (χ2v) is 7.31. The first kappa shape index (κ1) is 21.4. The number of esters is 1. The lowest BCUT2D eigenvalue weighted by molar-refractivity contribution is -0.153. The van der Waals surface area contributed by atoms with E-state index < -0.39 is 18.0 Å². The highest BCUT2D eigenvalue weighted by molar-refractivity contribution is 7.14. The number of thiophene rings is 1. The van der Waals surface area contributed by atoms with Crippen molar-refractivity contribution in [1.82, 2.24) is 0 Å². The molecule has 0 bridgehead atoms. The normalized spacial score (nSPS) is 11.4. The predicted octanol–water partition coefficient (Wildman–Crippen LogP) is 3.61. The molecule has 1 atom stereocenters. The summed E-state index contributed by atoms with van der Waals surface area (Å²) in [7, 11) is 2.99. The number of aryl methyl sites for hydroxylation is 1. The highest BCUT2D eigenvalue weighted by Gasteiger charge is 2.20. The molecule has 8 heteroatoms. The summed E-state index contributed by atoms with van der Waals surface area (Å²) < 4.78 is 15.5. The Morgan fingerprint density at radius 3 is 2.43 bits per heavy atom. The van der Waals surface area contributed by atoms with E-state index in [1.54, 1.807) is 24.3 Å². The minimum atomic E-state index is -1.03. The lowest BCUT2D eigenvalue weighted by Gasteiger charge is -2.15. The molecule has 1 unspecified atom stereocenters. The summed E-state index contributed by atoms with van der Waals surface area (Å²) in [5.41, 5.74) is 0.401. The van der Waals surface area contributed by atoms with Gasteiger partial charge in [0.1, 0.15) is 11.5 Å². The van der Waals surface area contributed by atoms with E-state index in [0.29, 0.717) is 22.1 Å².